The van der Waals surface area contributed by atoms with Gasteiger partial charge in [-0.15, -0.1) is 0 Å². The minimum Gasteiger partial charge on any atom is -0.481 e. The van der Waals surface area contributed by atoms with E-state index in [0.29, 0.717) is 5.76 Å². The van der Waals surface area contributed by atoms with Crippen LogP contribution in [0.1, 0.15) is 53.4 Å². The van der Waals surface area contributed by atoms with Crippen molar-refractivity contribution in [2.75, 3.05) is 13.7 Å². The van der Waals surface area contributed by atoms with Crippen molar-refractivity contribution >= 4 is 5.91 Å². The first kappa shape index (κ1) is 15.6. The third-order valence-corrected chi connectivity index (χ3v) is 4.48. The number of likely N-dealkylation sites (tertiary alicyclic amines) is 1. The molecule has 23 heavy (non-hydrogen) atoms. The van der Waals surface area contributed by atoms with Crippen LogP contribution in [0.25, 0.3) is 0 Å². The Hall–Kier alpha value is -2.24. The first-order chi connectivity index (χ1) is 11.1. The van der Waals surface area contributed by atoms with Gasteiger partial charge in [0.15, 0.2) is 5.76 Å². The normalized spacial score (nSPS) is 17.7. The lowest BCUT2D eigenvalue weighted by Crippen LogP contribution is -2.30. The van der Waals surface area contributed by atoms with Crippen LogP contribution < -0.4 is 4.74 Å². The van der Waals surface area contributed by atoms with Crippen LogP contribution in [0, 0.1) is 6.92 Å². The van der Waals surface area contributed by atoms with Gasteiger partial charge in [-0.3, -0.25) is 4.79 Å². The largest absolute Gasteiger partial charge is 0.481 e. The van der Waals surface area contributed by atoms with Gasteiger partial charge in [0.1, 0.15) is 5.76 Å². The topological polar surface area (TPSA) is 60.5 Å². The molecule has 0 unspecified atom stereocenters. The van der Waals surface area contributed by atoms with Crippen LogP contribution in [0.4, 0.5) is 0 Å². The Bertz CT molecular complexity index is 717. The molecule has 0 saturated carbocycles. The summed E-state index contributed by atoms with van der Waals surface area (Å²) < 4.78 is 12.9. The fourth-order valence-corrected chi connectivity index (χ4v) is 3.41. The van der Waals surface area contributed by atoms with E-state index in [-0.39, 0.29) is 11.9 Å². The fourth-order valence-electron chi connectivity index (χ4n) is 3.41. The van der Waals surface area contributed by atoms with Crippen molar-refractivity contribution in [3.05, 3.63) is 34.9 Å². The van der Waals surface area contributed by atoms with E-state index in [2.05, 4.69) is 5.10 Å². The Labute approximate surface area is 136 Å². The summed E-state index contributed by atoms with van der Waals surface area (Å²) in [6.45, 7) is 4.69. The van der Waals surface area contributed by atoms with Gasteiger partial charge in [0, 0.05) is 20.0 Å². The monoisotopic (exact) mass is 317 g/mol. The molecule has 0 N–H and O–H groups in total. The quantitative estimate of drug-likeness (QED) is 0.870. The number of hydrogen-bond donors (Lipinski definition) is 0. The van der Waals surface area contributed by atoms with Crippen molar-refractivity contribution < 1.29 is 13.9 Å². The molecule has 2 aromatic rings. The standard InChI is InChI=1S/C17H23N3O3/c1-5-12-8-9-14(23-12)16(21)20-10-6-7-13(20)15-11(2)18-19(3)17(15)22-4/h8-9,13H,5-7,10H2,1-4H3/t13-/m0/s1. The smallest absolute Gasteiger partial charge is 0.290 e. The van der Waals surface area contributed by atoms with Crippen molar-refractivity contribution in [1.82, 2.24) is 14.7 Å². The molecule has 6 heteroatoms. The van der Waals surface area contributed by atoms with Gasteiger partial charge in [-0.25, -0.2) is 4.68 Å². The van der Waals surface area contributed by atoms with Crippen LogP contribution in [-0.4, -0.2) is 34.2 Å². The number of carbonyl (C=O) groups is 1. The molecule has 0 aromatic carbocycles. The second-order valence-electron chi connectivity index (χ2n) is 5.91. The summed E-state index contributed by atoms with van der Waals surface area (Å²) in [6.07, 6.45) is 2.66. The van der Waals surface area contributed by atoms with Gasteiger partial charge in [0.25, 0.3) is 5.91 Å². The Morgan fingerprint density at radius 3 is 2.91 bits per heavy atom. The van der Waals surface area contributed by atoms with E-state index in [1.165, 1.54) is 0 Å². The van der Waals surface area contributed by atoms with Crippen molar-refractivity contribution in [2.45, 2.75) is 39.2 Å². The second kappa shape index (κ2) is 6.10. The van der Waals surface area contributed by atoms with E-state index in [1.54, 1.807) is 17.9 Å². The molecule has 3 rings (SSSR count). The molecule has 3 heterocycles. The van der Waals surface area contributed by atoms with Crippen molar-refractivity contribution in [2.24, 2.45) is 7.05 Å². The van der Waals surface area contributed by atoms with Crippen LogP contribution in [0.15, 0.2) is 16.5 Å². The van der Waals surface area contributed by atoms with Crippen molar-refractivity contribution in [3.8, 4) is 5.88 Å². The third-order valence-electron chi connectivity index (χ3n) is 4.48. The number of aryl methyl sites for hydroxylation is 3. The molecule has 0 bridgehead atoms. The average molecular weight is 317 g/mol. The summed E-state index contributed by atoms with van der Waals surface area (Å²) in [5, 5.41) is 4.44. The zero-order valence-electron chi connectivity index (χ0n) is 14.1. The number of carbonyl (C=O) groups excluding carboxylic acids is 1. The summed E-state index contributed by atoms with van der Waals surface area (Å²) in [4.78, 5) is 14.7. The zero-order chi connectivity index (χ0) is 16.6. The lowest BCUT2D eigenvalue weighted by Gasteiger charge is -2.24. The highest BCUT2D eigenvalue weighted by Gasteiger charge is 2.36. The molecule has 1 saturated heterocycles. The summed E-state index contributed by atoms with van der Waals surface area (Å²) in [5.74, 6) is 1.91. The number of aromatic nitrogens is 2. The molecule has 0 spiro atoms. The SMILES string of the molecule is CCc1ccc(C(=O)N2CCC[C@H]2c2c(C)nn(C)c2OC)o1. The van der Waals surface area contributed by atoms with Gasteiger partial charge in [-0.05, 0) is 31.9 Å². The molecule has 0 radical (unpaired) electrons. The highest BCUT2D eigenvalue weighted by atomic mass is 16.5. The minimum atomic E-state index is -0.0579. The lowest BCUT2D eigenvalue weighted by atomic mass is 10.0. The van der Waals surface area contributed by atoms with E-state index in [0.717, 1.165) is 48.7 Å². The summed E-state index contributed by atoms with van der Waals surface area (Å²) in [5.41, 5.74) is 1.91. The second-order valence-corrected chi connectivity index (χ2v) is 5.91. The van der Waals surface area contributed by atoms with E-state index in [4.69, 9.17) is 9.15 Å². The fraction of sp³-hybridized carbons (Fsp3) is 0.529. The number of methoxy groups -OCH3 is 1. The molecule has 1 fully saturated rings. The molecule has 124 valence electrons. The van der Waals surface area contributed by atoms with Gasteiger partial charge < -0.3 is 14.1 Å². The van der Waals surface area contributed by atoms with Crippen molar-refractivity contribution in [1.29, 1.82) is 0 Å². The molecular weight excluding hydrogens is 294 g/mol. The maximum atomic E-state index is 12.8. The van der Waals surface area contributed by atoms with Gasteiger partial charge in [0.2, 0.25) is 5.88 Å². The third kappa shape index (κ3) is 2.62. The number of furan rings is 1. The summed E-state index contributed by atoms with van der Waals surface area (Å²) >= 11 is 0. The Morgan fingerprint density at radius 2 is 2.26 bits per heavy atom. The van der Waals surface area contributed by atoms with Crippen molar-refractivity contribution in [3.63, 3.8) is 0 Å². The molecule has 6 nitrogen and oxygen atoms in total. The molecule has 0 aliphatic carbocycles. The zero-order valence-corrected chi connectivity index (χ0v) is 14.1. The van der Waals surface area contributed by atoms with Gasteiger partial charge in [-0.2, -0.15) is 5.10 Å². The highest BCUT2D eigenvalue weighted by Crippen LogP contribution is 2.39. The van der Waals surface area contributed by atoms with Crippen LogP contribution in [0.3, 0.4) is 0 Å². The van der Waals surface area contributed by atoms with Crippen LogP contribution in [0.2, 0.25) is 0 Å². The first-order valence-corrected chi connectivity index (χ1v) is 8.04. The molecule has 1 atom stereocenters. The van der Waals surface area contributed by atoms with E-state index >= 15 is 0 Å². The number of amides is 1. The predicted molar refractivity (Wildman–Crippen MR) is 85.6 cm³/mol. The molecule has 1 aliphatic heterocycles. The number of rotatable bonds is 4. The number of hydrogen-bond acceptors (Lipinski definition) is 4. The van der Waals surface area contributed by atoms with Crippen LogP contribution in [0.5, 0.6) is 5.88 Å². The first-order valence-electron chi connectivity index (χ1n) is 8.04. The van der Waals surface area contributed by atoms with Gasteiger partial charge in [0.05, 0.1) is 24.4 Å². The maximum absolute atomic E-state index is 12.8. The van der Waals surface area contributed by atoms with Crippen LogP contribution in [-0.2, 0) is 13.5 Å². The number of ether oxygens (including phenoxy) is 1. The van der Waals surface area contributed by atoms with E-state index in [9.17, 15) is 4.79 Å². The Balaban J connectivity index is 1.93. The van der Waals surface area contributed by atoms with E-state index < -0.39 is 0 Å². The average Bonchev–Trinajstić information content (AvgIpc) is 3.24. The molecule has 1 aliphatic rings. The summed E-state index contributed by atoms with van der Waals surface area (Å²) in [7, 11) is 3.50. The highest BCUT2D eigenvalue weighted by molar-refractivity contribution is 5.92. The molecular formula is C17H23N3O3. The van der Waals surface area contributed by atoms with Crippen LogP contribution >= 0.6 is 0 Å². The molecule has 1 amide bonds. The van der Waals surface area contributed by atoms with Gasteiger partial charge in [-0.1, -0.05) is 6.92 Å². The molecule has 2 aromatic heterocycles. The Morgan fingerprint density at radius 1 is 1.48 bits per heavy atom. The summed E-state index contributed by atoms with van der Waals surface area (Å²) in [6, 6.07) is 3.62. The lowest BCUT2D eigenvalue weighted by molar-refractivity contribution is 0.0699. The number of nitrogens with zero attached hydrogens (tertiary/aromatic N) is 3. The maximum Gasteiger partial charge on any atom is 0.290 e. The predicted octanol–water partition coefficient (Wildman–Crippen LogP) is 2.87. The minimum absolute atomic E-state index is 0.0127. The van der Waals surface area contributed by atoms with E-state index in [1.807, 2.05) is 31.9 Å². The Kier molecular flexibility index (Phi) is 4.15. The van der Waals surface area contributed by atoms with Gasteiger partial charge >= 0.3 is 0 Å².